The number of nitrogens with zero attached hydrogens (tertiary/aromatic N) is 3. The van der Waals surface area contributed by atoms with Crippen LogP contribution in [0, 0.1) is 5.82 Å². The molecule has 1 aliphatic rings. The molecule has 0 saturated heterocycles. The third-order valence-electron chi connectivity index (χ3n) is 5.37. The normalized spacial score (nSPS) is 13.4. The van der Waals surface area contributed by atoms with Crippen LogP contribution in [0.2, 0.25) is 0 Å². The van der Waals surface area contributed by atoms with Crippen LogP contribution in [0.15, 0.2) is 55.0 Å². The summed E-state index contributed by atoms with van der Waals surface area (Å²) in [5.74, 6) is 0.395. The highest BCUT2D eigenvalue weighted by atomic mass is 19.1. The van der Waals surface area contributed by atoms with E-state index in [2.05, 4.69) is 20.6 Å². The topological polar surface area (TPSA) is 80.5 Å². The van der Waals surface area contributed by atoms with Crippen LogP contribution in [0.3, 0.4) is 0 Å². The molecule has 7 nitrogen and oxygen atoms in total. The smallest absolute Gasteiger partial charge is 0.224 e. The number of hydrogen-bond acceptors (Lipinski definition) is 5. The molecule has 3 heterocycles. The van der Waals surface area contributed by atoms with E-state index >= 15 is 0 Å². The molecule has 4 aromatic rings. The lowest BCUT2D eigenvalue weighted by Crippen LogP contribution is -2.09. The number of rotatable bonds is 4. The van der Waals surface area contributed by atoms with E-state index in [-0.39, 0.29) is 11.7 Å². The number of carbonyl (C=O) groups excluding carboxylic acids is 1. The number of nitrogens with one attached hydrogen (secondary N) is 2. The fourth-order valence-electron chi connectivity index (χ4n) is 3.84. The maximum atomic E-state index is 14.2. The highest BCUT2D eigenvalue weighted by molar-refractivity contribution is 5.92. The average molecular weight is 417 g/mol. The molecule has 5 rings (SSSR count). The van der Waals surface area contributed by atoms with Crippen molar-refractivity contribution in [1.82, 2.24) is 14.4 Å². The number of benzene rings is 2. The van der Waals surface area contributed by atoms with Crippen LogP contribution >= 0.6 is 0 Å². The van der Waals surface area contributed by atoms with Gasteiger partial charge in [-0.25, -0.2) is 14.4 Å². The van der Waals surface area contributed by atoms with Gasteiger partial charge in [-0.15, -0.1) is 0 Å². The van der Waals surface area contributed by atoms with Crippen LogP contribution in [-0.4, -0.2) is 27.4 Å². The zero-order valence-corrected chi connectivity index (χ0v) is 16.9. The van der Waals surface area contributed by atoms with Crippen LogP contribution in [0.25, 0.3) is 16.9 Å². The second-order valence-corrected chi connectivity index (χ2v) is 7.36. The van der Waals surface area contributed by atoms with Crippen molar-refractivity contribution in [3.8, 4) is 17.0 Å². The van der Waals surface area contributed by atoms with Crippen molar-refractivity contribution in [2.75, 3.05) is 17.7 Å². The first-order valence-electron chi connectivity index (χ1n) is 9.98. The fraction of sp³-hybridized carbons (Fsp3) is 0.174. The standard InChI is InChI=1S/C23H20FN5O2/c1-31-20-8-5-15(12-17(20)24)19-13-26-23-22(25-9-10-29(19)23)27-16-6-7-18-14(11-16)3-2-4-21(30)28-18/h5-13H,2-4H2,1H3,(H,25,27)(H,28,30). The first-order chi connectivity index (χ1) is 15.1. The van der Waals surface area contributed by atoms with E-state index in [4.69, 9.17) is 4.74 Å². The summed E-state index contributed by atoms with van der Waals surface area (Å²) < 4.78 is 21.1. The van der Waals surface area contributed by atoms with Crippen molar-refractivity contribution in [1.29, 1.82) is 0 Å². The van der Waals surface area contributed by atoms with E-state index < -0.39 is 5.82 Å². The number of halogens is 1. The fourth-order valence-corrected chi connectivity index (χ4v) is 3.84. The van der Waals surface area contributed by atoms with Crippen LogP contribution < -0.4 is 15.4 Å². The number of methoxy groups -OCH3 is 1. The van der Waals surface area contributed by atoms with Crippen molar-refractivity contribution in [3.05, 3.63) is 66.4 Å². The van der Waals surface area contributed by atoms with Crippen LogP contribution in [0.4, 0.5) is 21.6 Å². The summed E-state index contributed by atoms with van der Waals surface area (Å²) in [6.07, 6.45) is 7.33. The molecule has 2 aromatic heterocycles. The molecule has 0 aliphatic carbocycles. The van der Waals surface area contributed by atoms with Gasteiger partial charge in [-0.1, -0.05) is 0 Å². The number of aromatic nitrogens is 3. The Hall–Kier alpha value is -3.94. The van der Waals surface area contributed by atoms with E-state index in [0.29, 0.717) is 23.4 Å². The number of ether oxygens (including phenoxy) is 1. The van der Waals surface area contributed by atoms with Crippen molar-refractivity contribution in [3.63, 3.8) is 0 Å². The van der Waals surface area contributed by atoms with Gasteiger partial charge in [0.25, 0.3) is 0 Å². The number of aryl methyl sites for hydroxylation is 1. The number of fused-ring (bicyclic) bond motifs is 2. The number of amides is 1. The molecule has 1 aliphatic heterocycles. The summed E-state index contributed by atoms with van der Waals surface area (Å²) >= 11 is 0. The van der Waals surface area contributed by atoms with Crippen molar-refractivity contribution in [2.24, 2.45) is 0 Å². The molecule has 1 amide bonds. The summed E-state index contributed by atoms with van der Waals surface area (Å²) in [5, 5.41) is 6.26. The molecule has 31 heavy (non-hydrogen) atoms. The van der Waals surface area contributed by atoms with Crippen LogP contribution in [-0.2, 0) is 11.2 Å². The minimum Gasteiger partial charge on any atom is -0.494 e. The maximum Gasteiger partial charge on any atom is 0.224 e. The van der Waals surface area contributed by atoms with E-state index in [1.54, 1.807) is 30.7 Å². The van der Waals surface area contributed by atoms with Gasteiger partial charge in [0.2, 0.25) is 5.91 Å². The van der Waals surface area contributed by atoms with Crippen LogP contribution in [0.1, 0.15) is 18.4 Å². The predicted molar refractivity (Wildman–Crippen MR) is 116 cm³/mol. The molecule has 0 saturated carbocycles. The lowest BCUT2D eigenvalue weighted by atomic mass is 10.1. The number of carbonyl (C=O) groups is 1. The second-order valence-electron chi connectivity index (χ2n) is 7.36. The largest absolute Gasteiger partial charge is 0.494 e. The van der Waals surface area contributed by atoms with E-state index in [9.17, 15) is 9.18 Å². The predicted octanol–water partition coefficient (Wildman–Crippen LogP) is 4.56. The van der Waals surface area contributed by atoms with E-state index in [1.165, 1.54) is 13.2 Å². The molecule has 156 valence electrons. The highest BCUT2D eigenvalue weighted by Crippen LogP contribution is 2.30. The summed E-state index contributed by atoms with van der Waals surface area (Å²) in [6.45, 7) is 0. The first-order valence-corrected chi connectivity index (χ1v) is 9.98. The highest BCUT2D eigenvalue weighted by Gasteiger charge is 2.15. The van der Waals surface area contributed by atoms with Gasteiger partial charge in [0.1, 0.15) is 0 Å². The Bertz CT molecular complexity index is 1300. The molecule has 8 heteroatoms. The zero-order valence-electron chi connectivity index (χ0n) is 16.9. The minimum absolute atomic E-state index is 0.0470. The Balaban J connectivity index is 1.49. The number of hydrogen-bond donors (Lipinski definition) is 2. The molecule has 0 spiro atoms. The molecule has 0 fully saturated rings. The van der Waals surface area contributed by atoms with E-state index in [1.807, 2.05) is 22.6 Å². The molecular weight excluding hydrogens is 397 g/mol. The summed E-state index contributed by atoms with van der Waals surface area (Å²) in [4.78, 5) is 20.7. The lowest BCUT2D eigenvalue weighted by Gasteiger charge is -2.12. The van der Waals surface area contributed by atoms with Gasteiger partial charge in [-0.3, -0.25) is 9.20 Å². The number of anilines is 3. The van der Waals surface area contributed by atoms with Gasteiger partial charge in [-0.2, -0.15) is 0 Å². The SMILES string of the molecule is COc1ccc(-c2cnc3c(Nc4ccc5c(c4)CCCC(=O)N5)nccn23)cc1F. The van der Waals surface area contributed by atoms with Gasteiger partial charge < -0.3 is 15.4 Å². The summed E-state index contributed by atoms with van der Waals surface area (Å²) in [5.41, 5.74) is 4.84. The van der Waals surface area contributed by atoms with Crippen molar-refractivity contribution < 1.29 is 13.9 Å². The molecular formula is C23H20FN5O2. The third-order valence-corrected chi connectivity index (χ3v) is 5.37. The second kappa shape index (κ2) is 7.71. The summed E-state index contributed by atoms with van der Waals surface area (Å²) in [7, 11) is 1.44. The Labute approximate surface area is 177 Å². The van der Waals surface area contributed by atoms with Gasteiger partial charge in [0, 0.05) is 35.8 Å². The first kappa shape index (κ1) is 19.0. The maximum absolute atomic E-state index is 14.2. The summed E-state index contributed by atoms with van der Waals surface area (Å²) in [6, 6.07) is 10.6. The Morgan fingerprint density at radius 2 is 2.06 bits per heavy atom. The Morgan fingerprint density at radius 1 is 1.16 bits per heavy atom. The lowest BCUT2D eigenvalue weighted by molar-refractivity contribution is -0.116. The number of imidazole rings is 1. The Morgan fingerprint density at radius 3 is 2.90 bits per heavy atom. The van der Waals surface area contributed by atoms with Gasteiger partial charge >= 0.3 is 0 Å². The molecule has 2 aromatic carbocycles. The van der Waals surface area contributed by atoms with E-state index in [0.717, 1.165) is 35.5 Å². The van der Waals surface area contributed by atoms with Crippen molar-refractivity contribution in [2.45, 2.75) is 19.3 Å². The molecule has 0 bridgehead atoms. The molecule has 0 radical (unpaired) electrons. The van der Waals surface area contributed by atoms with Crippen LogP contribution in [0.5, 0.6) is 5.75 Å². The molecule has 0 unspecified atom stereocenters. The van der Waals surface area contributed by atoms with Gasteiger partial charge in [0.05, 0.1) is 19.0 Å². The third kappa shape index (κ3) is 3.56. The zero-order chi connectivity index (χ0) is 21.4. The quantitative estimate of drug-likeness (QED) is 0.509. The minimum atomic E-state index is -0.431. The monoisotopic (exact) mass is 417 g/mol. The molecule has 0 atom stereocenters. The van der Waals surface area contributed by atoms with Gasteiger partial charge in [-0.05, 0) is 54.8 Å². The molecule has 2 N–H and O–H groups in total. The Kier molecular flexibility index (Phi) is 4.74. The van der Waals surface area contributed by atoms with Gasteiger partial charge in [0.15, 0.2) is 23.0 Å². The average Bonchev–Trinajstić information content (AvgIpc) is 3.11. The van der Waals surface area contributed by atoms with Crippen molar-refractivity contribution >= 4 is 28.7 Å².